The molecule has 6 heteroatoms. The average Bonchev–Trinajstić information content (AvgIpc) is 3.37. The van der Waals surface area contributed by atoms with E-state index in [1.54, 1.807) is 6.20 Å². The van der Waals surface area contributed by atoms with Gasteiger partial charge in [-0.2, -0.15) is 0 Å². The minimum Gasteiger partial charge on any atom is -0.490 e. The third-order valence-electron chi connectivity index (χ3n) is 4.55. The van der Waals surface area contributed by atoms with Crippen molar-refractivity contribution in [2.24, 2.45) is 0 Å². The summed E-state index contributed by atoms with van der Waals surface area (Å²) in [6.07, 6.45) is 6.86. The molecule has 0 aliphatic heterocycles. The Balaban J connectivity index is 1.32. The van der Waals surface area contributed by atoms with Crippen LogP contribution in [0.25, 0.3) is 0 Å². The lowest BCUT2D eigenvalue weighted by Crippen LogP contribution is -2.10. The predicted octanol–water partition coefficient (Wildman–Crippen LogP) is 6.48. The molecule has 146 valence electrons. The second-order valence-corrected chi connectivity index (χ2v) is 7.66. The van der Waals surface area contributed by atoms with Crippen LogP contribution in [0.4, 0.5) is 5.69 Å². The van der Waals surface area contributed by atoms with Gasteiger partial charge in [0.2, 0.25) is 5.06 Å². The molecule has 1 heterocycles. The van der Waals surface area contributed by atoms with Gasteiger partial charge in [-0.1, -0.05) is 0 Å². The van der Waals surface area contributed by atoms with Crippen LogP contribution in [0.15, 0.2) is 54.7 Å². The fourth-order valence-corrected chi connectivity index (χ4v) is 3.84. The third kappa shape index (κ3) is 4.95. The number of nitrogens with one attached hydrogen (secondary N) is 1. The second kappa shape index (κ2) is 8.97. The first-order valence-electron chi connectivity index (χ1n) is 9.70. The van der Waals surface area contributed by atoms with Crippen LogP contribution in [0.3, 0.4) is 0 Å². The molecule has 0 amide bonds. The quantitative estimate of drug-likeness (QED) is 0.472. The topological polar surface area (TPSA) is 52.6 Å². The summed E-state index contributed by atoms with van der Waals surface area (Å²) < 4.78 is 17.7. The fraction of sp³-hybridized carbons (Fsp3) is 0.318. The molecule has 1 fully saturated rings. The monoisotopic (exact) mass is 396 g/mol. The summed E-state index contributed by atoms with van der Waals surface area (Å²) in [5.41, 5.74) is 1.07. The molecule has 0 bridgehead atoms. The summed E-state index contributed by atoms with van der Waals surface area (Å²) in [4.78, 5) is 4.29. The Hall–Kier alpha value is -2.73. The highest BCUT2D eigenvalue weighted by Crippen LogP contribution is 2.35. The van der Waals surface area contributed by atoms with Gasteiger partial charge in [0.1, 0.15) is 17.2 Å². The maximum absolute atomic E-state index is 5.98. The van der Waals surface area contributed by atoms with Gasteiger partial charge in [0.05, 0.1) is 12.3 Å². The third-order valence-corrected chi connectivity index (χ3v) is 5.30. The van der Waals surface area contributed by atoms with Crippen LogP contribution in [0.5, 0.6) is 27.5 Å². The highest BCUT2D eigenvalue weighted by Gasteiger charge is 2.16. The Morgan fingerprint density at radius 2 is 1.57 bits per heavy atom. The number of nitrogens with zero attached hydrogens (tertiary/aromatic N) is 1. The van der Waals surface area contributed by atoms with E-state index in [9.17, 15) is 0 Å². The van der Waals surface area contributed by atoms with Gasteiger partial charge in [0.15, 0.2) is 0 Å². The zero-order valence-electron chi connectivity index (χ0n) is 15.9. The lowest BCUT2D eigenvalue weighted by molar-refractivity contribution is 0.210. The number of thiazole rings is 1. The van der Waals surface area contributed by atoms with Gasteiger partial charge in [-0.15, -0.1) is 0 Å². The fourth-order valence-electron chi connectivity index (χ4n) is 3.19. The molecule has 1 aliphatic rings. The van der Waals surface area contributed by atoms with Crippen molar-refractivity contribution in [2.75, 3.05) is 11.9 Å². The normalized spacial score (nSPS) is 14.0. The van der Waals surface area contributed by atoms with E-state index in [-0.39, 0.29) is 0 Å². The summed E-state index contributed by atoms with van der Waals surface area (Å²) in [5.74, 6) is 2.39. The minimum absolute atomic E-state index is 0.359. The zero-order chi connectivity index (χ0) is 19.2. The second-order valence-electron chi connectivity index (χ2n) is 6.70. The van der Waals surface area contributed by atoms with Crippen LogP contribution < -0.4 is 19.5 Å². The van der Waals surface area contributed by atoms with E-state index in [0.29, 0.717) is 16.4 Å². The maximum atomic E-state index is 5.98. The van der Waals surface area contributed by atoms with Crippen LogP contribution in [-0.2, 0) is 0 Å². The van der Waals surface area contributed by atoms with E-state index < -0.39 is 0 Å². The van der Waals surface area contributed by atoms with E-state index in [2.05, 4.69) is 17.2 Å². The van der Waals surface area contributed by atoms with Crippen molar-refractivity contribution < 1.29 is 14.2 Å². The largest absolute Gasteiger partial charge is 0.490 e. The zero-order valence-corrected chi connectivity index (χ0v) is 16.7. The van der Waals surface area contributed by atoms with Gasteiger partial charge in [-0.25, -0.2) is 4.98 Å². The Morgan fingerprint density at radius 3 is 2.29 bits per heavy atom. The lowest BCUT2D eigenvalue weighted by atomic mass is 10.3. The first kappa shape index (κ1) is 18.6. The Kier molecular flexibility index (Phi) is 5.97. The molecule has 0 saturated heterocycles. The standard InChI is InChI=1S/C22H24N2O3S/c1-2-23-16-7-9-19(10-8-16)26-21-15-24-22(28-21)27-20-13-11-18(12-14-20)25-17-5-3-4-6-17/h7-15,17,23H,2-6H2,1H3. The maximum Gasteiger partial charge on any atom is 0.282 e. The molecule has 0 atom stereocenters. The predicted molar refractivity (Wildman–Crippen MR) is 112 cm³/mol. The van der Waals surface area contributed by atoms with Gasteiger partial charge < -0.3 is 19.5 Å². The summed E-state index contributed by atoms with van der Waals surface area (Å²) in [5, 5.41) is 4.49. The smallest absolute Gasteiger partial charge is 0.282 e. The summed E-state index contributed by atoms with van der Waals surface area (Å²) in [6, 6.07) is 15.6. The van der Waals surface area contributed by atoms with Crippen molar-refractivity contribution in [1.82, 2.24) is 4.98 Å². The summed E-state index contributed by atoms with van der Waals surface area (Å²) in [6.45, 7) is 2.96. The van der Waals surface area contributed by atoms with Crippen LogP contribution in [0, 0.1) is 0 Å². The number of aromatic nitrogens is 1. The van der Waals surface area contributed by atoms with E-state index in [0.717, 1.165) is 42.3 Å². The highest BCUT2D eigenvalue weighted by molar-refractivity contribution is 7.15. The number of ether oxygens (including phenoxy) is 3. The number of anilines is 1. The van der Waals surface area contributed by atoms with Gasteiger partial charge >= 0.3 is 0 Å². The van der Waals surface area contributed by atoms with Crippen LogP contribution in [0.1, 0.15) is 32.6 Å². The molecule has 1 aliphatic carbocycles. The molecule has 2 aromatic carbocycles. The van der Waals surface area contributed by atoms with Crippen LogP contribution in [-0.4, -0.2) is 17.6 Å². The summed E-state index contributed by atoms with van der Waals surface area (Å²) in [7, 11) is 0. The van der Waals surface area contributed by atoms with Gasteiger partial charge in [-0.3, -0.25) is 0 Å². The Labute approximate surface area is 169 Å². The Bertz CT molecular complexity index is 872. The molecule has 1 saturated carbocycles. The minimum atomic E-state index is 0.359. The van der Waals surface area contributed by atoms with E-state index in [1.807, 2.05) is 48.5 Å². The molecule has 1 aromatic heterocycles. The van der Waals surface area contributed by atoms with E-state index in [1.165, 1.54) is 24.2 Å². The average molecular weight is 397 g/mol. The SMILES string of the molecule is CCNc1ccc(Oc2cnc(Oc3ccc(OC4CCCC4)cc3)s2)cc1. The lowest BCUT2D eigenvalue weighted by Gasteiger charge is -2.13. The first-order chi connectivity index (χ1) is 13.8. The molecule has 0 unspecified atom stereocenters. The molecule has 1 N–H and O–H groups in total. The van der Waals surface area contributed by atoms with Crippen LogP contribution >= 0.6 is 11.3 Å². The van der Waals surface area contributed by atoms with Crippen molar-refractivity contribution >= 4 is 17.0 Å². The summed E-state index contributed by atoms with van der Waals surface area (Å²) >= 11 is 1.36. The van der Waals surface area contributed by atoms with Crippen LogP contribution in [0.2, 0.25) is 0 Å². The van der Waals surface area contributed by atoms with Gasteiger partial charge in [0.25, 0.3) is 5.19 Å². The van der Waals surface area contributed by atoms with Crippen molar-refractivity contribution in [1.29, 1.82) is 0 Å². The molecule has 0 radical (unpaired) electrons. The van der Waals surface area contributed by atoms with Crippen molar-refractivity contribution in [3.63, 3.8) is 0 Å². The highest BCUT2D eigenvalue weighted by atomic mass is 32.1. The molecular weight excluding hydrogens is 372 g/mol. The van der Waals surface area contributed by atoms with Gasteiger partial charge in [-0.05, 0) is 92.5 Å². The first-order valence-corrected chi connectivity index (χ1v) is 10.5. The van der Waals surface area contributed by atoms with E-state index >= 15 is 0 Å². The molecule has 5 nitrogen and oxygen atoms in total. The van der Waals surface area contributed by atoms with Crippen molar-refractivity contribution in [2.45, 2.75) is 38.7 Å². The van der Waals surface area contributed by atoms with Crippen molar-refractivity contribution in [3.8, 4) is 27.5 Å². The molecule has 3 aromatic rings. The van der Waals surface area contributed by atoms with Gasteiger partial charge in [0, 0.05) is 12.2 Å². The molecule has 4 rings (SSSR count). The number of hydrogen-bond donors (Lipinski definition) is 1. The number of rotatable bonds is 8. The number of benzene rings is 2. The number of hydrogen-bond acceptors (Lipinski definition) is 6. The van der Waals surface area contributed by atoms with E-state index in [4.69, 9.17) is 14.2 Å². The molecule has 0 spiro atoms. The Morgan fingerprint density at radius 1 is 0.929 bits per heavy atom. The molecule has 28 heavy (non-hydrogen) atoms. The van der Waals surface area contributed by atoms with Crippen molar-refractivity contribution in [3.05, 3.63) is 54.7 Å². The molecular formula is C22H24N2O3S.